The van der Waals surface area contributed by atoms with Gasteiger partial charge in [0, 0.05) is 56.0 Å². The summed E-state index contributed by atoms with van der Waals surface area (Å²) in [5.41, 5.74) is 3.53. The molecule has 0 spiro atoms. The minimum Gasteiger partial charge on any atom is -0.363 e. The molecule has 4 atom stereocenters. The Kier molecular flexibility index (Phi) is 5.00. The highest BCUT2D eigenvalue weighted by molar-refractivity contribution is 5.97. The lowest BCUT2D eigenvalue weighted by atomic mass is 9.82. The summed E-state index contributed by atoms with van der Waals surface area (Å²) in [6.45, 7) is 6.77. The van der Waals surface area contributed by atoms with Crippen LogP contribution in [0.4, 0.5) is 11.5 Å². The van der Waals surface area contributed by atoms with Crippen LogP contribution in [-0.4, -0.2) is 36.4 Å². The number of rotatable bonds is 4. The van der Waals surface area contributed by atoms with Gasteiger partial charge in [0.2, 0.25) is 5.91 Å². The molecule has 7 heteroatoms. The monoisotopic (exact) mass is 393 g/mol. The Morgan fingerprint density at radius 1 is 1.21 bits per heavy atom. The first-order valence-electron chi connectivity index (χ1n) is 10.0. The second kappa shape index (κ2) is 7.48. The van der Waals surface area contributed by atoms with Crippen molar-refractivity contribution in [3.05, 3.63) is 53.2 Å². The normalized spacial score (nSPS) is 25.2. The number of carbonyl (C=O) groups excluding carboxylic acids is 2. The van der Waals surface area contributed by atoms with Crippen LogP contribution in [0.25, 0.3) is 0 Å². The van der Waals surface area contributed by atoms with Crippen LogP contribution in [0.1, 0.15) is 54.3 Å². The average molecular weight is 393 g/mol. The molecule has 7 nitrogen and oxygen atoms in total. The van der Waals surface area contributed by atoms with Crippen LogP contribution in [0, 0.1) is 5.92 Å². The zero-order valence-corrected chi connectivity index (χ0v) is 17.2. The van der Waals surface area contributed by atoms with Crippen LogP contribution < -0.4 is 20.9 Å². The van der Waals surface area contributed by atoms with Crippen molar-refractivity contribution in [2.75, 3.05) is 23.8 Å². The summed E-state index contributed by atoms with van der Waals surface area (Å²) in [5.74, 6) is 0.756. The number of hydrogen-bond acceptors (Lipinski definition) is 5. The highest BCUT2D eigenvalue weighted by Gasteiger charge is 2.38. The number of amides is 2. The van der Waals surface area contributed by atoms with Crippen molar-refractivity contribution in [1.29, 1.82) is 0 Å². The molecule has 1 fully saturated rings. The van der Waals surface area contributed by atoms with Crippen molar-refractivity contribution in [2.24, 2.45) is 5.92 Å². The van der Waals surface area contributed by atoms with Crippen LogP contribution in [0.2, 0.25) is 0 Å². The molecule has 0 saturated carbocycles. The van der Waals surface area contributed by atoms with E-state index in [9.17, 15) is 9.59 Å². The maximum absolute atomic E-state index is 12.4. The Morgan fingerprint density at radius 3 is 2.55 bits per heavy atom. The first kappa shape index (κ1) is 19.4. The predicted molar refractivity (Wildman–Crippen MR) is 113 cm³/mol. The van der Waals surface area contributed by atoms with E-state index in [-0.39, 0.29) is 29.8 Å². The fraction of sp³-hybridized carbons (Fsp3) is 0.409. The molecule has 29 heavy (non-hydrogen) atoms. The molecule has 2 aliphatic rings. The average Bonchev–Trinajstić information content (AvgIpc) is 3.56. The van der Waals surface area contributed by atoms with Gasteiger partial charge >= 0.3 is 0 Å². The van der Waals surface area contributed by atoms with Gasteiger partial charge in [0.25, 0.3) is 5.91 Å². The summed E-state index contributed by atoms with van der Waals surface area (Å²) in [7, 11) is 1.62. The van der Waals surface area contributed by atoms with E-state index in [0.717, 1.165) is 23.6 Å². The second-order valence-electron chi connectivity index (χ2n) is 7.90. The molecule has 0 bridgehead atoms. The summed E-state index contributed by atoms with van der Waals surface area (Å²) in [5, 5.41) is 9.50. The summed E-state index contributed by atoms with van der Waals surface area (Å²) in [6.07, 6.45) is 1.90. The van der Waals surface area contributed by atoms with Crippen molar-refractivity contribution in [3.63, 3.8) is 0 Å². The van der Waals surface area contributed by atoms with Crippen LogP contribution in [0.15, 0.2) is 36.5 Å². The van der Waals surface area contributed by atoms with E-state index in [1.165, 1.54) is 5.56 Å². The van der Waals surface area contributed by atoms with Gasteiger partial charge in [0.15, 0.2) is 0 Å². The molecule has 0 aliphatic carbocycles. The molecule has 1 aromatic heterocycles. The van der Waals surface area contributed by atoms with Crippen LogP contribution in [0.3, 0.4) is 0 Å². The molecule has 4 rings (SSSR count). The van der Waals surface area contributed by atoms with E-state index in [1.54, 1.807) is 20.0 Å². The van der Waals surface area contributed by atoms with Crippen molar-refractivity contribution in [2.45, 2.75) is 38.9 Å². The Balaban J connectivity index is 1.72. The van der Waals surface area contributed by atoms with Crippen LogP contribution in [0.5, 0.6) is 0 Å². The summed E-state index contributed by atoms with van der Waals surface area (Å²) < 4.78 is 0. The lowest BCUT2D eigenvalue weighted by molar-refractivity contribution is -0.117. The Hall–Kier alpha value is -2.93. The van der Waals surface area contributed by atoms with Gasteiger partial charge in [-0.05, 0) is 42.3 Å². The molecule has 3 N–H and O–H groups in total. The Morgan fingerprint density at radius 2 is 1.97 bits per heavy atom. The smallest absolute Gasteiger partial charge is 0.251 e. The standard InChI is InChI=1S/C22H27N5O2/c1-12-13(2)27(14(3)28)19-7-5-15(22(29)23-4)9-17(19)21(12)26-20-8-6-16(10-25-20)18-11-24-18/h5-10,12-13,18,21,24H,11H2,1-4H3,(H,23,29)(H,25,26)/t12?,13-,18?,21?/m0/s1. The summed E-state index contributed by atoms with van der Waals surface area (Å²) >= 11 is 0. The molecular formula is C22H27N5O2. The number of aromatic nitrogens is 1. The number of fused-ring (bicyclic) bond motifs is 1. The molecule has 3 heterocycles. The predicted octanol–water partition coefficient (Wildman–Crippen LogP) is 2.63. The van der Waals surface area contributed by atoms with Gasteiger partial charge in [0.05, 0.1) is 6.04 Å². The van der Waals surface area contributed by atoms with Gasteiger partial charge in [-0.1, -0.05) is 13.0 Å². The fourth-order valence-corrected chi connectivity index (χ4v) is 4.14. The molecule has 2 aromatic rings. The molecular weight excluding hydrogens is 366 g/mol. The van der Waals surface area contributed by atoms with Crippen molar-refractivity contribution >= 4 is 23.3 Å². The number of anilines is 2. The van der Waals surface area contributed by atoms with Crippen molar-refractivity contribution < 1.29 is 9.59 Å². The van der Waals surface area contributed by atoms with E-state index < -0.39 is 0 Å². The number of nitrogens with one attached hydrogen (secondary N) is 3. The molecule has 0 radical (unpaired) electrons. The zero-order valence-electron chi connectivity index (χ0n) is 17.2. The number of hydrogen-bond donors (Lipinski definition) is 3. The lowest BCUT2D eigenvalue weighted by Gasteiger charge is -2.44. The number of carbonyl (C=O) groups is 2. The lowest BCUT2D eigenvalue weighted by Crippen LogP contribution is -2.48. The third kappa shape index (κ3) is 3.58. The number of nitrogens with zero attached hydrogens (tertiary/aromatic N) is 2. The third-order valence-electron chi connectivity index (χ3n) is 6.04. The van der Waals surface area contributed by atoms with E-state index >= 15 is 0 Å². The Labute approximate surface area is 170 Å². The van der Waals surface area contributed by atoms with Gasteiger partial charge in [-0.3, -0.25) is 9.59 Å². The summed E-state index contributed by atoms with van der Waals surface area (Å²) in [6, 6.07) is 9.96. The van der Waals surface area contributed by atoms with E-state index in [1.807, 2.05) is 29.3 Å². The first-order chi connectivity index (χ1) is 13.9. The van der Waals surface area contributed by atoms with E-state index in [4.69, 9.17) is 0 Å². The van der Waals surface area contributed by atoms with Gasteiger partial charge in [-0.15, -0.1) is 0 Å². The first-order valence-corrected chi connectivity index (χ1v) is 10.0. The third-order valence-corrected chi connectivity index (χ3v) is 6.04. The van der Waals surface area contributed by atoms with Crippen molar-refractivity contribution in [1.82, 2.24) is 15.6 Å². The minimum atomic E-state index is -0.147. The SMILES string of the molecule is CNC(=O)c1ccc2c(c1)C(Nc1ccc(C3CN3)cn1)C(C)[C@H](C)N2C(C)=O. The Bertz CT molecular complexity index is 939. The maximum Gasteiger partial charge on any atom is 0.251 e. The van der Waals surface area contributed by atoms with Gasteiger partial charge < -0.3 is 20.9 Å². The van der Waals surface area contributed by atoms with E-state index in [2.05, 4.69) is 40.8 Å². The maximum atomic E-state index is 12.4. The number of pyridine rings is 1. The van der Waals surface area contributed by atoms with Gasteiger partial charge in [-0.25, -0.2) is 4.98 Å². The molecule has 2 amide bonds. The largest absolute Gasteiger partial charge is 0.363 e. The summed E-state index contributed by atoms with van der Waals surface area (Å²) in [4.78, 5) is 31.0. The van der Waals surface area contributed by atoms with Crippen LogP contribution in [-0.2, 0) is 4.79 Å². The fourth-order valence-electron chi connectivity index (χ4n) is 4.14. The molecule has 152 valence electrons. The van der Waals surface area contributed by atoms with Gasteiger partial charge in [0.1, 0.15) is 5.82 Å². The highest BCUT2D eigenvalue weighted by Crippen LogP contribution is 2.42. The molecule has 1 saturated heterocycles. The topological polar surface area (TPSA) is 96.3 Å². The molecule has 2 aliphatic heterocycles. The van der Waals surface area contributed by atoms with Crippen LogP contribution >= 0.6 is 0 Å². The second-order valence-corrected chi connectivity index (χ2v) is 7.90. The minimum absolute atomic E-state index is 0.00356. The van der Waals surface area contributed by atoms with E-state index in [0.29, 0.717) is 11.6 Å². The number of benzene rings is 1. The molecule has 3 unspecified atom stereocenters. The highest BCUT2D eigenvalue weighted by atomic mass is 16.2. The molecule has 1 aromatic carbocycles. The quantitative estimate of drug-likeness (QED) is 0.694. The zero-order chi connectivity index (χ0) is 20.7. The van der Waals surface area contributed by atoms with Gasteiger partial charge in [-0.2, -0.15) is 0 Å². The van der Waals surface area contributed by atoms with Crippen molar-refractivity contribution in [3.8, 4) is 0 Å².